The number of aromatic nitrogens is 3. The van der Waals surface area contributed by atoms with Gasteiger partial charge in [-0.3, -0.25) is 14.6 Å². The molecule has 0 aromatic carbocycles. The number of carbonyl (C=O) groups excluding carboxylic acids is 1. The maximum absolute atomic E-state index is 11.4. The standard InChI is InChI=1S/C8H13N5O3/c1-13(2)4-3-9-6(14)5-7(15)10-8(16)12-11-5/h3-4H2,1-2H3,(H,9,14)(H2,10,12,15,16). The van der Waals surface area contributed by atoms with Gasteiger partial charge in [0.2, 0.25) is 5.69 Å². The van der Waals surface area contributed by atoms with E-state index < -0.39 is 17.2 Å². The molecule has 16 heavy (non-hydrogen) atoms. The lowest BCUT2D eigenvalue weighted by molar-refractivity contribution is 0.0943. The number of hydrogen-bond donors (Lipinski definition) is 3. The van der Waals surface area contributed by atoms with Gasteiger partial charge in [-0.25, -0.2) is 9.89 Å². The van der Waals surface area contributed by atoms with E-state index in [0.29, 0.717) is 13.1 Å². The lowest BCUT2D eigenvalue weighted by atomic mass is 10.4. The second kappa shape index (κ2) is 5.21. The Hall–Kier alpha value is -1.96. The fourth-order valence-electron chi connectivity index (χ4n) is 0.978. The van der Waals surface area contributed by atoms with Crippen molar-refractivity contribution >= 4 is 5.91 Å². The zero-order chi connectivity index (χ0) is 12.1. The third kappa shape index (κ3) is 3.31. The zero-order valence-corrected chi connectivity index (χ0v) is 9.03. The molecule has 0 aliphatic carbocycles. The van der Waals surface area contributed by atoms with Crippen molar-refractivity contribution < 1.29 is 4.79 Å². The molecule has 1 rings (SSSR count). The van der Waals surface area contributed by atoms with Crippen molar-refractivity contribution in [3.05, 3.63) is 26.5 Å². The molecule has 0 bridgehead atoms. The Labute approximate surface area is 90.7 Å². The summed E-state index contributed by atoms with van der Waals surface area (Å²) >= 11 is 0. The highest BCUT2D eigenvalue weighted by Gasteiger charge is 2.11. The van der Waals surface area contributed by atoms with E-state index in [-0.39, 0.29) is 5.69 Å². The van der Waals surface area contributed by atoms with Crippen LogP contribution in [0, 0.1) is 0 Å². The molecule has 0 saturated carbocycles. The topological polar surface area (TPSA) is 111 Å². The first kappa shape index (κ1) is 12.1. The summed E-state index contributed by atoms with van der Waals surface area (Å²) in [6, 6.07) is 0. The summed E-state index contributed by atoms with van der Waals surface area (Å²) in [7, 11) is 3.72. The van der Waals surface area contributed by atoms with Crippen molar-refractivity contribution in [3.63, 3.8) is 0 Å². The van der Waals surface area contributed by atoms with E-state index in [1.54, 1.807) is 0 Å². The van der Waals surface area contributed by atoms with Gasteiger partial charge >= 0.3 is 5.69 Å². The summed E-state index contributed by atoms with van der Waals surface area (Å²) in [5.41, 5.74) is -1.89. The molecule has 0 radical (unpaired) electrons. The molecule has 0 fully saturated rings. The first-order valence-corrected chi connectivity index (χ1v) is 4.62. The minimum absolute atomic E-state index is 0.349. The number of nitrogens with one attached hydrogen (secondary N) is 3. The van der Waals surface area contributed by atoms with Crippen LogP contribution in [-0.4, -0.2) is 53.2 Å². The van der Waals surface area contributed by atoms with Crippen molar-refractivity contribution in [3.8, 4) is 0 Å². The second-order valence-electron chi connectivity index (χ2n) is 3.41. The quantitative estimate of drug-likeness (QED) is 0.538. The highest BCUT2D eigenvalue weighted by Crippen LogP contribution is 1.79. The van der Waals surface area contributed by atoms with Crippen LogP contribution in [0.3, 0.4) is 0 Å². The molecule has 0 saturated heterocycles. The van der Waals surface area contributed by atoms with Crippen molar-refractivity contribution in [2.45, 2.75) is 0 Å². The van der Waals surface area contributed by atoms with Crippen molar-refractivity contribution in [1.29, 1.82) is 0 Å². The van der Waals surface area contributed by atoms with Gasteiger partial charge in [-0.1, -0.05) is 0 Å². The van der Waals surface area contributed by atoms with Crippen LogP contribution in [-0.2, 0) is 0 Å². The fourth-order valence-corrected chi connectivity index (χ4v) is 0.978. The molecule has 3 N–H and O–H groups in total. The molecule has 88 valence electrons. The minimum Gasteiger partial charge on any atom is -0.349 e. The van der Waals surface area contributed by atoms with Crippen LogP contribution in [0.4, 0.5) is 0 Å². The lowest BCUT2D eigenvalue weighted by Crippen LogP contribution is -2.38. The van der Waals surface area contributed by atoms with Gasteiger partial charge in [0.25, 0.3) is 11.5 Å². The Morgan fingerprint density at radius 2 is 2.12 bits per heavy atom. The predicted molar refractivity (Wildman–Crippen MR) is 56.4 cm³/mol. The van der Waals surface area contributed by atoms with E-state index in [2.05, 4.69) is 10.4 Å². The molecule has 8 nitrogen and oxygen atoms in total. The monoisotopic (exact) mass is 227 g/mol. The molecule has 0 spiro atoms. The Morgan fingerprint density at radius 3 is 2.69 bits per heavy atom. The highest BCUT2D eigenvalue weighted by molar-refractivity contribution is 5.91. The predicted octanol–water partition coefficient (Wildman–Crippen LogP) is -2.25. The first-order chi connectivity index (χ1) is 7.50. The van der Waals surface area contributed by atoms with Gasteiger partial charge in [0.05, 0.1) is 0 Å². The number of hydrogen-bond acceptors (Lipinski definition) is 5. The summed E-state index contributed by atoms with van der Waals surface area (Å²) in [6.45, 7) is 1.04. The van der Waals surface area contributed by atoms with Crippen LogP contribution in [0.5, 0.6) is 0 Å². The van der Waals surface area contributed by atoms with Crippen LogP contribution >= 0.6 is 0 Å². The van der Waals surface area contributed by atoms with E-state index in [4.69, 9.17) is 0 Å². The molecule has 0 unspecified atom stereocenters. The van der Waals surface area contributed by atoms with Gasteiger partial charge in [-0.2, -0.15) is 5.10 Å². The van der Waals surface area contributed by atoms with Gasteiger partial charge in [0.1, 0.15) is 0 Å². The molecular weight excluding hydrogens is 214 g/mol. The minimum atomic E-state index is -0.800. The average Bonchev–Trinajstić information content (AvgIpc) is 2.16. The summed E-state index contributed by atoms with van der Waals surface area (Å²) in [4.78, 5) is 37.0. The number of aromatic amines is 2. The third-order valence-corrected chi connectivity index (χ3v) is 1.77. The largest absolute Gasteiger partial charge is 0.349 e. The molecule has 1 amide bonds. The van der Waals surface area contributed by atoms with Gasteiger partial charge in [0.15, 0.2) is 0 Å². The number of carbonyl (C=O) groups is 1. The number of likely N-dealkylation sites (N-methyl/N-ethyl adjacent to an activating group) is 1. The molecule has 0 aliphatic rings. The van der Waals surface area contributed by atoms with Gasteiger partial charge in [-0.15, -0.1) is 0 Å². The van der Waals surface area contributed by atoms with E-state index in [9.17, 15) is 14.4 Å². The average molecular weight is 227 g/mol. The fraction of sp³-hybridized carbons (Fsp3) is 0.500. The Bertz CT molecular complexity index is 475. The Balaban J connectivity index is 2.67. The maximum atomic E-state index is 11.4. The zero-order valence-electron chi connectivity index (χ0n) is 9.03. The van der Waals surface area contributed by atoms with Gasteiger partial charge < -0.3 is 10.2 Å². The summed E-state index contributed by atoms with van der Waals surface area (Å²) in [5, 5.41) is 7.86. The van der Waals surface area contributed by atoms with E-state index in [0.717, 1.165) is 0 Å². The van der Waals surface area contributed by atoms with Crippen LogP contribution in [0.25, 0.3) is 0 Å². The normalized spacial score (nSPS) is 10.4. The van der Waals surface area contributed by atoms with Crippen molar-refractivity contribution in [1.82, 2.24) is 25.4 Å². The summed E-state index contributed by atoms with van der Waals surface area (Å²) in [6.07, 6.45) is 0. The van der Waals surface area contributed by atoms with E-state index >= 15 is 0 Å². The van der Waals surface area contributed by atoms with Gasteiger partial charge in [-0.05, 0) is 14.1 Å². The lowest BCUT2D eigenvalue weighted by Gasteiger charge is -2.09. The van der Waals surface area contributed by atoms with Gasteiger partial charge in [0, 0.05) is 13.1 Å². The SMILES string of the molecule is CN(C)CCNC(=O)c1n[nH]c(=O)[nH]c1=O. The van der Waals surface area contributed by atoms with E-state index in [1.165, 1.54) is 0 Å². The number of nitrogens with zero attached hydrogens (tertiary/aromatic N) is 2. The van der Waals surface area contributed by atoms with Crippen LogP contribution in [0.1, 0.15) is 10.5 Å². The summed E-state index contributed by atoms with van der Waals surface area (Å²) in [5.74, 6) is -0.612. The summed E-state index contributed by atoms with van der Waals surface area (Å²) < 4.78 is 0. The molecule has 1 heterocycles. The number of H-pyrrole nitrogens is 2. The molecule has 0 atom stereocenters. The first-order valence-electron chi connectivity index (χ1n) is 4.62. The maximum Gasteiger partial charge on any atom is 0.342 e. The van der Waals surface area contributed by atoms with Crippen LogP contribution in [0.15, 0.2) is 9.59 Å². The van der Waals surface area contributed by atoms with Crippen molar-refractivity contribution in [2.24, 2.45) is 0 Å². The highest BCUT2D eigenvalue weighted by atomic mass is 16.2. The Morgan fingerprint density at radius 1 is 1.44 bits per heavy atom. The second-order valence-corrected chi connectivity index (χ2v) is 3.41. The molecule has 0 aliphatic heterocycles. The molecule has 1 aromatic rings. The number of amides is 1. The van der Waals surface area contributed by atoms with Crippen molar-refractivity contribution in [2.75, 3.05) is 27.2 Å². The molecule has 1 aromatic heterocycles. The van der Waals surface area contributed by atoms with Crippen LogP contribution in [0.2, 0.25) is 0 Å². The Kier molecular flexibility index (Phi) is 3.95. The van der Waals surface area contributed by atoms with E-state index in [1.807, 2.05) is 29.1 Å². The third-order valence-electron chi connectivity index (χ3n) is 1.77. The van der Waals surface area contributed by atoms with Crippen LogP contribution < -0.4 is 16.6 Å². The number of rotatable bonds is 4. The molecule has 8 heteroatoms. The smallest absolute Gasteiger partial charge is 0.342 e. The molecular formula is C8H13N5O3.